The zero-order chi connectivity index (χ0) is 17.0. The second-order valence-electron chi connectivity index (χ2n) is 6.46. The number of methoxy groups -OCH3 is 1. The third-order valence-corrected chi connectivity index (χ3v) is 4.31. The van der Waals surface area contributed by atoms with Crippen LogP contribution in [0.2, 0.25) is 0 Å². The van der Waals surface area contributed by atoms with E-state index in [9.17, 15) is 9.59 Å². The van der Waals surface area contributed by atoms with Gasteiger partial charge in [-0.15, -0.1) is 0 Å². The van der Waals surface area contributed by atoms with Crippen LogP contribution in [0.25, 0.3) is 0 Å². The Kier molecular flexibility index (Phi) is 5.77. The summed E-state index contributed by atoms with van der Waals surface area (Å²) in [6, 6.07) is 8.57. The summed E-state index contributed by atoms with van der Waals surface area (Å²) >= 11 is 0. The van der Waals surface area contributed by atoms with Gasteiger partial charge >= 0.3 is 6.09 Å². The molecule has 0 aromatic heterocycles. The first-order valence-electron chi connectivity index (χ1n) is 8.15. The minimum Gasteiger partial charge on any atom is -0.453 e. The minimum atomic E-state index is -0.709. The van der Waals surface area contributed by atoms with Crippen molar-refractivity contribution in [3.63, 3.8) is 0 Å². The Bertz CT molecular complexity index is 550. The highest BCUT2D eigenvalue weighted by Crippen LogP contribution is 2.30. The first-order valence-corrected chi connectivity index (χ1v) is 8.15. The number of imide groups is 1. The van der Waals surface area contributed by atoms with Crippen LogP contribution < -0.4 is 5.32 Å². The number of ether oxygens (including phenoxy) is 1. The fourth-order valence-electron chi connectivity index (χ4n) is 2.61. The summed E-state index contributed by atoms with van der Waals surface area (Å²) in [6.07, 6.45) is 1.48. The maximum Gasteiger partial charge on any atom is 0.413 e. The number of nitrogens with zero attached hydrogens (tertiary/aromatic N) is 1. The smallest absolute Gasteiger partial charge is 0.413 e. The van der Waals surface area contributed by atoms with Gasteiger partial charge in [-0.05, 0) is 36.8 Å². The Labute approximate surface area is 138 Å². The number of carbonyl (C=O) groups is 2. The molecule has 0 radical (unpaired) electrons. The predicted molar refractivity (Wildman–Crippen MR) is 89.1 cm³/mol. The molecule has 126 valence electrons. The normalized spacial score (nSPS) is 15.6. The molecule has 0 aliphatic heterocycles. The third kappa shape index (κ3) is 4.79. The van der Waals surface area contributed by atoms with E-state index in [1.807, 2.05) is 6.92 Å². The monoisotopic (exact) mass is 318 g/mol. The molecule has 1 aromatic rings. The van der Waals surface area contributed by atoms with E-state index in [0.717, 1.165) is 12.8 Å². The zero-order valence-corrected chi connectivity index (χ0v) is 14.3. The van der Waals surface area contributed by atoms with Gasteiger partial charge in [-0.25, -0.2) is 4.79 Å². The lowest BCUT2D eigenvalue weighted by Crippen LogP contribution is -2.47. The summed E-state index contributed by atoms with van der Waals surface area (Å²) in [5.74, 6) is 0.191. The Morgan fingerprint density at radius 1 is 1.22 bits per heavy atom. The van der Waals surface area contributed by atoms with Crippen molar-refractivity contribution in [2.75, 3.05) is 7.11 Å². The summed E-state index contributed by atoms with van der Waals surface area (Å²) < 4.78 is 4.49. The molecule has 1 aromatic carbocycles. The quantitative estimate of drug-likeness (QED) is 0.876. The van der Waals surface area contributed by atoms with Crippen molar-refractivity contribution >= 4 is 12.0 Å². The van der Waals surface area contributed by atoms with Crippen LogP contribution in [0.4, 0.5) is 4.79 Å². The Morgan fingerprint density at radius 2 is 1.83 bits per heavy atom. The van der Waals surface area contributed by atoms with E-state index in [2.05, 4.69) is 53.1 Å². The minimum absolute atomic E-state index is 0.317. The van der Waals surface area contributed by atoms with Crippen LogP contribution in [0.5, 0.6) is 0 Å². The molecule has 0 heterocycles. The van der Waals surface area contributed by atoms with E-state index in [0.29, 0.717) is 18.5 Å². The van der Waals surface area contributed by atoms with E-state index >= 15 is 0 Å². The maximum atomic E-state index is 12.2. The lowest BCUT2D eigenvalue weighted by atomic mass is 10.0. The van der Waals surface area contributed by atoms with Crippen molar-refractivity contribution < 1.29 is 14.3 Å². The molecular formula is C18H26N2O3. The topological polar surface area (TPSA) is 58.6 Å². The Balaban J connectivity index is 2.03. The van der Waals surface area contributed by atoms with Gasteiger partial charge in [-0.2, -0.15) is 0 Å². The highest BCUT2D eigenvalue weighted by molar-refractivity contribution is 5.94. The fraction of sp³-hybridized carbons (Fsp3) is 0.556. The summed E-state index contributed by atoms with van der Waals surface area (Å²) in [4.78, 5) is 25.5. The first-order chi connectivity index (χ1) is 10.9. The third-order valence-electron chi connectivity index (χ3n) is 4.31. The van der Waals surface area contributed by atoms with Crippen molar-refractivity contribution in [1.29, 1.82) is 0 Å². The van der Waals surface area contributed by atoms with Crippen molar-refractivity contribution in [2.45, 2.75) is 58.2 Å². The molecule has 1 fully saturated rings. The van der Waals surface area contributed by atoms with Crippen molar-refractivity contribution in [1.82, 2.24) is 10.2 Å². The number of hydrogen-bond donors (Lipinski definition) is 1. The number of benzene rings is 1. The van der Waals surface area contributed by atoms with E-state index in [-0.39, 0.29) is 11.9 Å². The second-order valence-corrected chi connectivity index (χ2v) is 6.46. The number of nitrogens with one attached hydrogen (secondary N) is 1. The van der Waals surface area contributed by atoms with Gasteiger partial charge in [-0.1, -0.05) is 38.1 Å². The van der Waals surface area contributed by atoms with Crippen LogP contribution in [-0.4, -0.2) is 36.1 Å². The summed E-state index contributed by atoms with van der Waals surface area (Å²) in [7, 11) is 1.25. The van der Waals surface area contributed by atoms with Crippen molar-refractivity contribution in [3.05, 3.63) is 35.4 Å². The summed E-state index contributed by atoms with van der Waals surface area (Å²) in [5, 5.41) is 2.26. The van der Waals surface area contributed by atoms with E-state index in [4.69, 9.17) is 0 Å². The summed E-state index contributed by atoms with van der Waals surface area (Å²) in [5.41, 5.74) is 2.49. The molecule has 5 nitrogen and oxygen atoms in total. The molecule has 0 saturated heterocycles. The van der Waals surface area contributed by atoms with Gasteiger partial charge < -0.3 is 4.74 Å². The number of carbonyl (C=O) groups excluding carboxylic acids is 2. The van der Waals surface area contributed by atoms with Crippen LogP contribution in [0.3, 0.4) is 0 Å². The van der Waals surface area contributed by atoms with Crippen LogP contribution in [0.1, 0.15) is 50.7 Å². The van der Waals surface area contributed by atoms with Gasteiger partial charge in [-0.3, -0.25) is 15.0 Å². The molecular weight excluding hydrogens is 292 g/mol. The molecule has 1 atom stereocenters. The standard InChI is InChI=1S/C18H26N2O3/c1-12(2)15-7-5-14(6-8-15)11-20(16-9-10-16)13(3)17(21)19-18(22)23-4/h5-8,12-13,16H,9-11H2,1-4H3,(H,19,21,22)/t13-/m0/s1. The Hall–Kier alpha value is -1.88. The molecule has 0 bridgehead atoms. The molecule has 1 saturated carbocycles. The molecule has 5 heteroatoms. The lowest BCUT2D eigenvalue weighted by molar-refractivity contribution is -0.125. The molecule has 23 heavy (non-hydrogen) atoms. The summed E-state index contributed by atoms with van der Waals surface area (Å²) in [6.45, 7) is 6.88. The fourth-order valence-corrected chi connectivity index (χ4v) is 2.61. The predicted octanol–water partition coefficient (Wildman–Crippen LogP) is 3.05. The highest BCUT2D eigenvalue weighted by Gasteiger charge is 2.35. The largest absolute Gasteiger partial charge is 0.453 e. The van der Waals surface area contributed by atoms with Crippen LogP contribution in [0, 0.1) is 0 Å². The number of alkyl carbamates (subject to hydrolysis) is 1. The second kappa shape index (κ2) is 7.59. The number of amides is 2. The molecule has 1 N–H and O–H groups in total. The Morgan fingerprint density at radius 3 is 2.30 bits per heavy atom. The van der Waals surface area contributed by atoms with Gasteiger partial charge in [0.2, 0.25) is 5.91 Å². The molecule has 0 unspecified atom stereocenters. The molecule has 1 aliphatic carbocycles. The van der Waals surface area contributed by atoms with E-state index < -0.39 is 6.09 Å². The van der Waals surface area contributed by atoms with Crippen LogP contribution in [0.15, 0.2) is 24.3 Å². The maximum absolute atomic E-state index is 12.2. The molecule has 1 aliphatic rings. The molecule has 2 amide bonds. The van der Waals surface area contributed by atoms with Crippen LogP contribution in [-0.2, 0) is 16.1 Å². The van der Waals surface area contributed by atoms with Crippen molar-refractivity contribution in [3.8, 4) is 0 Å². The van der Waals surface area contributed by atoms with Gasteiger partial charge in [0, 0.05) is 12.6 Å². The van der Waals surface area contributed by atoms with Gasteiger partial charge in [0.1, 0.15) is 0 Å². The van der Waals surface area contributed by atoms with E-state index in [1.165, 1.54) is 18.2 Å². The SMILES string of the molecule is COC(=O)NC(=O)[C@H](C)N(Cc1ccc(C(C)C)cc1)C1CC1. The lowest BCUT2D eigenvalue weighted by Gasteiger charge is -2.28. The first kappa shape index (κ1) is 17.5. The average Bonchev–Trinajstić information content (AvgIpc) is 3.36. The molecule has 2 rings (SSSR count). The number of hydrogen-bond acceptors (Lipinski definition) is 4. The van der Waals surface area contributed by atoms with Crippen LogP contribution >= 0.6 is 0 Å². The molecule has 0 spiro atoms. The van der Waals surface area contributed by atoms with Crippen molar-refractivity contribution in [2.24, 2.45) is 0 Å². The van der Waals surface area contributed by atoms with Gasteiger partial charge in [0.15, 0.2) is 0 Å². The zero-order valence-electron chi connectivity index (χ0n) is 14.3. The average molecular weight is 318 g/mol. The highest BCUT2D eigenvalue weighted by atomic mass is 16.5. The van der Waals surface area contributed by atoms with Gasteiger partial charge in [0.25, 0.3) is 0 Å². The van der Waals surface area contributed by atoms with Gasteiger partial charge in [0.05, 0.1) is 13.2 Å². The van der Waals surface area contributed by atoms with E-state index in [1.54, 1.807) is 0 Å². The number of rotatable bonds is 6.